The molecule has 0 radical (unpaired) electrons. The van der Waals surface area contributed by atoms with E-state index in [1.54, 1.807) is 0 Å². The first-order valence-corrected chi connectivity index (χ1v) is 11.1. The van der Waals surface area contributed by atoms with Crippen molar-refractivity contribution in [2.75, 3.05) is 25.0 Å². The lowest BCUT2D eigenvalue weighted by Crippen LogP contribution is -2.41. The van der Waals surface area contributed by atoms with Gasteiger partial charge in [0, 0.05) is 16.2 Å². The Morgan fingerprint density at radius 2 is 1.70 bits per heavy atom. The summed E-state index contributed by atoms with van der Waals surface area (Å²) in [6.45, 7) is 11.2. The van der Waals surface area contributed by atoms with Crippen LogP contribution in [-0.4, -0.2) is 36.3 Å². The molecule has 2 rings (SSSR count). The molecule has 1 atom stereocenters. The quantitative estimate of drug-likeness (QED) is 0.544. The Morgan fingerprint density at radius 3 is 2.30 bits per heavy atom. The summed E-state index contributed by atoms with van der Waals surface area (Å²) < 4.78 is 1.03. The van der Waals surface area contributed by atoms with Crippen molar-refractivity contribution < 1.29 is 9.59 Å². The molecular formula is C24H32BrN3O2. The van der Waals surface area contributed by atoms with Gasteiger partial charge in [-0.25, -0.2) is 0 Å². The molecule has 2 aromatic rings. The van der Waals surface area contributed by atoms with E-state index >= 15 is 0 Å². The number of aryl methyl sites for hydroxylation is 3. The van der Waals surface area contributed by atoms with E-state index in [1.807, 2.05) is 51.1 Å². The molecule has 0 saturated heterocycles. The van der Waals surface area contributed by atoms with E-state index in [0.29, 0.717) is 0 Å². The standard InChI is InChI=1S/C24H32BrN3O2/c1-6-11-28(19(5)20-9-7-8-10-21(20)25)15-23(30)26-14-22(29)27-24-17(3)12-16(2)13-18(24)4/h7-10,12-13,19H,6,11,14-15H2,1-5H3,(H,26,30)(H,27,29)/t19-/m1/s1. The van der Waals surface area contributed by atoms with E-state index in [-0.39, 0.29) is 30.9 Å². The van der Waals surface area contributed by atoms with Crippen LogP contribution in [0.5, 0.6) is 0 Å². The molecule has 0 aliphatic carbocycles. The van der Waals surface area contributed by atoms with Gasteiger partial charge in [0.15, 0.2) is 0 Å². The van der Waals surface area contributed by atoms with Gasteiger partial charge in [-0.1, -0.05) is 58.7 Å². The number of nitrogens with zero attached hydrogens (tertiary/aromatic N) is 1. The van der Waals surface area contributed by atoms with Crippen molar-refractivity contribution >= 4 is 33.4 Å². The van der Waals surface area contributed by atoms with Crippen LogP contribution in [0.25, 0.3) is 0 Å². The minimum absolute atomic E-state index is 0.0467. The van der Waals surface area contributed by atoms with Gasteiger partial charge in [-0.15, -0.1) is 0 Å². The lowest BCUT2D eigenvalue weighted by atomic mass is 10.1. The Bertz CT molecular complexity index is 875. The predicted octanol–water partition coefficient (Wildman–Crippen LogP) is 4.90. The van der Waals surface area contributed by atoms with Crippen molar-refractivity contribution in [3.8, 4) is 0 Å². The van der Waals surface area contributed by atoms with Crippen molar-refractivity contribution in [2.45, 2.75) is 47.1 Å². The molecule has 0 aliphatic heterocycles. The zero-order valence-corrected chi connectivity index (χ0v) is 20.1. The molecule has 0 aliphatic rings. The Kier molecular flexibility index (Phi) is 9.06. The number of carbonyl (C=O) groups excluding carboxylic acids is 2. The third-order valence-corrected chi connectivity index (χ3v) is 5.87. The number of benzene rings is 2. The summed E-state index contributed by atoms with van der Waals surface area (Å²) in [5.74, 6) is -0.380. The normalized spacial score (nSPS) is 12.0. The van der Waals surface area contributed by atoms with Gasteiger partial charge in [-0.2, -0.15) is 0 Å². The zero-order chi connectivity index (χ0) is 22.3. The molecule has 0 aromatic heterocycles. The van der Waals surface area contributed by atoms with Gasteiger partial charge in [0.2, 0.25) is 11.8 Å². The van der Waals surface area contributed by atoms with Crippen molar-refractivity contribution in [3.05, 3.63) is 63.1 Å². The average molecular weight is 474 g/mol. The molecule has 6 heteroatoms. The Hall–Kier alpha value is -2.18. The van der Waals surface area contributed by atoms with E-state index in [0.717, 1.165) is 45.4 Å². The topological polar surface area (TPSA) is 61.4 Å². The van der Waals surface area contributed by atoms with E-state index in [4.69, 9.17) is 0 Å². The summed E-state index contributed by atoms with van der Waals surface area (Å²) in [5, 5.41) is 5.68. The van der Waals surface area contributed by atoms with Crippen LogP contribution in [0.1, 0.15) is 48.6 Å². The highest BCUT2D eigenvalue weighted by molar-refractivity contribution is 9.10. The predicted molar refractivity (Wildman–Crippen MR) is 127 cm³/mol. The molecule has 5 nitrogen and oxygen atoms in total. The largest absolute Gasteiger partial charge is 0.346 e. The van der Waals surface area contributed by atoms with Crippen LogP contribution in [0.3, 0.4) is 0 Å². The maximum atomic E-state index is 12.5. The Labute approximate surface area is 188 Å². The number of amides is 2. The number of nitrogens with one attached hydrogen (secondary N) is 2. The second-order valence-electron chi connectivity index (χ2n) is 7.77. The van der Waals surface area contributed by atoms with Crippen LogP contribution in [0.2, 0.25) is 0 Å². The van der Waals surface area contributed by atoms with Crippen LogP contribution >= 0.6 is 15.9 Å². The smallest absolute Gasteiger partial charge is 0.243 e. The van der Waals surface area contributed by atoms with Crippen molar-refractivity contribution in [2.24, 2.45) is 0 Å². The highest BCUT2D eigenvalue weighted by atomic mass is 79.9. The first-order chi connectivity index (χ1) is 14.2. The van der Waals surface area contributed by atoms with Crippen LogP contribution < -0.4 is 10.6 Å². The summed E-state index contributed by atoms with van der Waals surface area (Å²) in [7, 11) is 0. The second kappa shape index (κ2) is 11.3. The maximum Gasteiger partial charge on any atom is 0.243 e. The Balaban J connectivity index is 1.94. The molecule has 30 heavy (non-hydrogen) atoms. The van der Waals surface area contributed by atoms with Gasteiger partial charge in [0.1, 0.15) is 0 Å². The first-order valence-electron chi connectivity index (χ1n) is 10.4. The first kappa shape index (κ1) is 24.1. The minimum atomic E-state index is -0.223. The van der Waals surface area contributed by atoms with Gasteiger partial charge in [-0.05, 0) is 63.4 Å². The number of anilines is 1. The second-order valence-corrected chi connectivity index (χ2v) is 8.62. The van der Waals surface area contributed by atoms with Crippen molar-refractivity contribution in [1.29, 1.82) is 0 Å². The SMILES string of the molecule is CCCN(CC(=O)NCC(=O)Nc1c(C)cc(C)cc1C)[C@H](C)c1ccccc1Br. The molecule has 0 spiro atoms. The molecule has 162 valence electrons. The molecule has 0 fully saturated rings. The third-order valence-electron chi connectivity index (χ3n) is 5.15. The summed E-state index contributed by atoms with van der Waals surface area (Å²) >= 11 is 3.60. The van der Waals surface area contributed by atoms with Crippen molar-refractivity contribution in [3.63, 3.8) is 0 Å². The van der Waals surface area contributed by atoms with Gasteiger partial charge in [0.05, 0.1) is 13.1 Å². The fourth-order valence-electron chi connectivity index (χ4n) is 3.69. The molecule has 0 unspecified atom stereocenters. The molecular weight excluding hydrogens is 442 g/mol. The summed E-state index contributed by atoms with van der Waals surface area (Å²) in [5.41, 5.74) is 5.15. The fraction of sp³-hybridized carbons (Fsp3) is 0.417. The van der Waals surface area contributed by atoms with E-state index < -0.39 is 0 Å². The lowest BCUT2D eigenvalue weighted by molar-refractivity contribution is -0.125. The monoisotopic (exact) mass is 473 g/mol. The Morgan fingerprint density at radius 1 is 1.07 bits per heavy atom. The summed E-state index contributed by atoms with van der Waals surface area (Å²) in [6, 6.07) is 12.2. The highest BCUT2D eigenvalue weighted by Gasteiger charge is 2.20. The lowest BCUT2D eigenvalue weighted by Gasteiger charge is -2.29. The fourth-order valence-corrected chi connectivity index (χ4v) is 4.30. The van der Waals surface area contributed by atoms with Gasteiger partial charge >= 0.3 is 0 Å². The maximum absolute atomic E-state index is 12.5. The van der Waals surface area contributed by atoms with Gasteiger partial charge < -0.3 is 10.6 Å². The van der Waals surface area contributed by atoms with Gasteiger partial charge in [0.25, 0.3) is 0 Å². The average Bonchev–Trinajstić information content (AvgIpc) is 2.68. The van der Waals surface area contributed by atoms with E-state index in [2.05, 4.69) is 51.4 Å². The number of carbonyl (C=O) groups is 2. The molecule has 0 bridgehead atoms. The van der Waals surface area contributed by atoms with Crippen LogP contribution in [0, 0.1) is 20.8 Å². The van der Waals surface area contributed by atoms with Crippen LogP contribution in [0.15, 0.2) is 40.9 Å². The van der Waals surface area contributed by atoms with Gasteiger partial charge in [-0.3, -0.25) is 14.5 Å². The van der Waals surface area contributed by atoms with Crippen molar-refractivity contribution in [1.82, 2.24) is 10.2 Å². The summed E-state index contributed by atoms with van der Waals surface area (Å²) in [6.07, 6.45) is 0.939. The van der Waals surface area contributed by atoms with E-state index in [1.165, 1.54) is 0 Å². The van der Waals surface area contributed by atoms with Crippen LogP contribution in [-0.2, 0) is 9.59 Å². The van der Waals surface area contributed by atoms with E-state index in [9.17, 15) is 9.59 Å². The molecule has 0 saturated carbocycles. The molecule has 2 N–H and O–H groups in total. The summed E-state index contributed by atoms with van der Waals surface area (Å²) in [4.78, 5) is 27.0. The van der Waals surface area contributed by atoms with Crippen LogP contribution in [0.4, 0.5) is 5.69 Å². The highest BCUT2D eigenvalue weighted by Crippen LogP contribution is 2.27. The molecule has 0 heterocycles. The number of hydrogen-bond donors (Lipinski definition) is 2. The zero-order valence-electron chi connectivity index (χ0n) is 18.5. The number of rotatable bonds is 9. The number of halogens is 1. The third kappa shape index (κ3) is 6.67. The number of hydrogen-bond acceptors (Lipinski definition) is 3. The minimum Gasteiger partial charge on any atom is -0.346 e. The molecule has 2 aromatic carbocycles. The molecule has 2 amide bonds.